The smallest absolute Gasteiger partial charge is 0.147 e. The number of hydrogen-bond donors (Lipinski definition) is 0. The summed E-state index contributed by atoms with van der Waals surface area (Å²) < 4.78 is 0. The molecule has 0 atom stereocenters. The van der Waals surface area contributed by atoms with Crippen molar-refractivity contribution in [2.45, 2.75) is 89.9 Å². The first-order valence-corrected chi connectivity index (χ1v) is 11.2. The first kappa shape index (κ1) is 19.5. The van der Waals surface area contributed by atoms with Crippen molar-refractivity contribution in [2.75, 3.05) is 0 Å². The number of aromatic nitrogens is 1. The third kappa shape index (κ3) is 5.36. The lowest BCUT2D eigenvalue weighted by Gasteiger charge is -2.38. The Bertz CT molecular complexity index is 529. The van der Waals surface area contributed by atoms with Crippen molar-refractivity contribution in [2.24, 2.45) is 17.8 Å². The van der Waals surface area contributed by atoms with Gasteiger partial charge in [0.15, 0.2) is 0 Å². The van der Waals surface area contributed by atoms with E-state index in [1.807, 2.05) is 12.3 Å². The van der Waals surface area contributed by atoms with Gasteiger partial charge in [0.2, 0.25) is 0 Å². The number of rotatable bonds is 6. The van der Waals surface area contributed by atoms with E-state index in [4.69, 9.17) is 23.2 Å². The summed E-state index contributed by atoms with van der Waals surface area (Å²) in [4.78, 5) is 4.24. The van der Waals surface area contributed by atoms with E-state index in [2.05, 4.69) is 11.9 Å². The molecular weight excluding hydrogens is 349 g/mol. The lowest BCUT2D eigenvalue weighted by molar-refractivity contribution is 0.155. The molecule has 1 heterocycles. The second kappa shape index (κ2) is 9.60. The van der Waals surface area contributed by atoms with Crippen LogP contribution >= 0.6 is 23.2 Å². The molecule has 2 saturated carbocycles. The molecule has 25 heavy (non-hydrogen) atoms. The van der Waals surface area contributed by atoms with Crippen LogP contribution in [-0.4, -0.2) is 4.98 Å². The first-order valence-electron chi connectivity index (χ1n) is 10.5. The van der Waals surface area contributed by atoms with Gasteiger partial charge in [-0.15, -0.1) is 0 Å². The van der Waals surface area contributed by atoms with Crippen LogP contribution in [0.4, 0.5) is 0 Å². The molecule has 0 unspecified atom stereocenters. The maximum atomic E-state index is 6.15. The molecule has 0 saturated heterocycles. The Balaban J connectivity index is 1.43. The summed E-state index contributed by atoms with van der Waals surface area (Å²) in [6, 6.07) is 2.03. The minimum atomic E-state index is 0.426. The molecule has 0 amide bonds. The normalized spacial score (nSPS) is 30.4. The summed E-state index contributed by atoms with van der Waals surface area (Å²) >= 11 is 12.1. The molecule has 0 radical (unpaired) electrons. The van der Waals surface area contributed by atoms with E-state index >= 15 is 0 Å². The molecule has 2 fully saturated rings. The monoisotopic (exact) mass is 381 g/mol. The largest absolute Gasteiger partial charge is 0.243 e. The zero-order valence-electron chi connectivity index (χ0n) is 15.7. The Morgan fingerprint density at radius 3 is 2.16 bits per heavy atom. The average Bonchev–Trinajstić information content (AvgIpc) is 2.65. The van der Waals surface area contributed by atoms with Gasteiger partial charge in [-0.05, 0) is 73.8 Å². The van der Waals surface area contributed by atoms with E-state index in [-0.39, 0.29) is 0 Å². The highest BCUT2D eigenvalue weighted by atomic mass is 35.5. The van der Waals surface area contributed by atoms with Crippen molar-refractivity contribution in [1.29, 1.82) is 0 Å². The summed E-state index contributed by atoms with van der Waals surface area (Å²) in [5, 5.41) is 1.03. The van der Waals surface area contributed by atoms with Crippen LogP contribution in [0.1, 0.15) is 95.5 Å². The fourth-order valence-electron chi connectivity index (χ4n) is 5.21. The summed E-state index contributed by atoms with van der Waals surface area (Å²) in [7, 11) is 0. The number of nitrogens with zero attached hydrogens (tertiary/aromatic N) is 1. The van der Waals surface area contributed by atoms with E-state index in [9.17, 15) is 0 Å². The van der Waals surface area contributed by atoms with Crippen molar-refractivity contribution >= 4 is 23.2 Å². The van der Waals surface area contributed by atoms with Gasteiger partial charge in [-0.2, -0.15) is 0 Å². The molecule has 1 aromatic heterocycles. The molecule has 3 rings (SSSR count). The highest BCUT2D eigenvalue weighted by molar-refractivity contribution is 6.41. The third-order valence-corrected chi connectivity index (χ3v) is 7.52. The Labute approximate surface area is 163 Å². The molecule has 1 aromatic rings. The minimum absolute atomic E-state index is 0.426. The molecule has 0 aliphatic heterocycles. The molecule has 1 nitrogen and oxygen atoms in total. The van der Waals surface area contributed by atoms with Gasteiger partial charge in [0.25, 0.3) is 0 Å². The molecule has 0 bridgehead atoms. The fraction of sp³-hybridized carbons (Fsp3) is 0.773. The second-order valence-corrected chi connectivity index (χ2v) is 9.19. The van der Waals surface area contributed by atoms with Crippen molar-refractivity contribution in [3.05, 3.63) is 28.0 Å². The summed E-state index contributed by atoms with van der Waals surface area (Å²) in [5.74, 6) is 3.62. The van der Waals surface area contributed by atoms with Crippen LogP contribution < -0.4 is 0 Å². The van der Waals surface area contributed by atoms with Crippen molar-refractivity contribution in [3.63, 3.8) is 0 Å². The molecule has 140 valence electrons. The summed E-state index contributed by atoms with van der Waals surface area (Å²) in [6.45, 7) is 2.31. The zero-order valence-corrected chi connectivity index (χ0v) is 17.2. The maximum Gasteiger partial charge on any atom is 0.147 e. The second-order valence-electron chi connectivity index (χ2n) is 8.43. The van der Waals surface area contributed by atoms with Gasteiger partial charge < -0.3 is 0 Å². The molecule has 2 aliphatic carbocycles. The van der Waals surface area contributed by atoms with Gasteiger partial charge in [0.05, 0.1) is 5.02 Å². The lowest BCUT2D eigenvalue weighted by Crippen LogP contribution is -2.25. The van der Waals surface area contributed by atoms with Crippen LogP contribution in [0.15, 0.2) is 12.3 Å². The van der Waals surface area contributed by atoms with Crippen LogP contribution in [0.5, 0.6) is 0 Å². The summed E-state index contributed by atoms with van der Waals surface area (Å²) in [5.41, 5.74) is 1.28. The van der Waals surface area contributed by atoms with Gasteiger partial charge in [-0.1, -0.05) is 68.7 Å². The van der Waals surface area contributed by atoms with Crippen molar-refractivity contribution < 1.29 is 0 Å². The van der Waals surface area contributed by atoms with Gasteiger partial charge >= 0.3 is 0 Å². The molecule has 0 spiro atoms. The Hall–Kier alpha value is -0.270. The predicted octanol–water partition coefficient (Wildman–Crippen LogP) is 8.05. The highest BCUT2D eigenvalue weighted by Gasteiger charge is 2.31. The lowest BCUT2D eigenvalue weighted by atomic mass is 9.68. The molecular formula is C22H33Cl2N. The number of halogens is 2. The van der Waals surface area contributed by atoms with E-state index in [0.29, 0.717) is 16.1 Å². The minimum Gasteiger partial charge on any atom is -0.243 e. The SMILES string of the molecule is CCCCC[C@H]1CC[C@H]([C@H]2CC[C@H](c3cnc(Cl)c(Cl)c3)CC2)CC1. The van der Waals surface area contributed by atoms with Gasteiger partial charge in [0, 0.05) is 6.20 Å². The van der Waals surface area contributed by atoms with Gasteiger partial charge in [0.1, 0.15) is 5.15 Å². The first-order chi connectivity index (χ1) is 12.2. The van der Waals surface area contributed by atoms with E-state index in [1.165, 1.54) is 82.6 Å². The maximum absolute atomic E-state index is 6.15. The highest BCUT2D eigenvalue weighted by Crippen LogP contribution is 2.44. The van der Waals surface area contributed by atoms with E-state index in [1.54, 1.807) is 0 Å². The van der Waals surface area contributed by atoms with Crippen molar-refractivity contribution in [1.82, 2.24) is 4.98 Å². The van der Waals surface area contributed by atoms with E-state index < -0.39 is 0 Å². The topological polar surface area (TPSA) is 12.9 Å². The molecule has 3 heteroatoms. The van der Waals surface area contributed by atoms with Crippen LogP contribution in [0.3, 0.4) is 0 Å². The van der Waals surface area contributed by atoms with Gasteiger partial charge in [-0.25, -0.2) is 4.98 Å². The number of unbranched alkanes of at least 4 members (excludes halogenated alkanes) is 2. The quantitative estimate of drug-likeness (QED) is 0.358. The number of hydrogen-bond acceptors (Lipinski definition) is 1. The Morgan fingerprint density at radius 2 is 1.56 bits per heavy atom. The van der Waals surface area contributed by atoms with Crippen LogP contribution in [0.2, 0.25) is 10.2 Å². The zero-order chi connectivity index (χ0) is 17.6. The molecule has 0 N–H and O–H groups in total. The predicted molar refractivity (Wildman–Crippen MR) is 109 cm³/mol. The molecule has 0 aromatic carbocycles. The Kier molecular flexibility index (Phi) is 7.49. The van der Waals surface area contributed by atoms with Crippen LogP contribution in [0, 0.1) is 17.8 Å². The van der Waals surface area contributed by atoms with Crippen molar-refractivity contribution in [3.8, 4) is 0 Å². The average molecular weight is 382 g/mol. The van der Waals surface area contributed by atoms with Gasteiger partial charge in [-0.3, -0.25) is 0 Å². The Morgan fingerprint density at radius 1 is 0.920 bits per heavy atom. The molecule has 2 aliphatic rings. The van der Waals surface area contributed by atoms with Crippen LogP contribution in [0.25, 0.3) is 0 Å². The van der Waals surface area contributed by atoms with Crippen LogP contribution in [-0.2, 0) is 0 Å². The fourth-order valence-corrected chi connectivity index (χ4v) is 5.49. The third-order valence-electron chi connectivity index (χ3n) is 6.83. The number of pyridine rings is 1. The summed E-state index contributed by atoms with van der Waals surface area (Å²) in [6.07, 6.45) is 19.0. The standard InChI is InChI=1S/C22H33Cl2N/c1-2-3-4-5-16-6-8-17(9-7-16)18-10-12-19(13-11-18)20-14-21(23)22(24)25-15-20/h14-19H,2-13H2,1H3/t16-,17-,18-,19-. The van der Waals surface area contributed by atoms with E-state index in [0.717, 1.165) is 17.8 Å².